The zero-order chi connectivity index (χ0) is 20.1. The van der Waals surface area contributed by atoms with Gasteiger partial charge >= 0.3 is 0 Å². The second-order valence-corrected chi connectivity index (χ2v) is 8.71. The van der Waals surface area contributed by atoms with E-state index in [0.29, 0.717) is 11.6 Å². The Hall–Kier alpha value is -3.27. The highest BCUT2D eigenvalue weighted by Gasteiger charge is 2.24. The first-order chi connectivity index (χ1) is 14.7. The Kier molecular flexibility index (Phi) is 4.05. The normalized spacial score (nSPS) is 18.3. The molecule has 6 bridgehead atoms. The number of hydrogen-bond donors (Lipinski definition) is 2. The lowest BCUT2D eigenvalue weighted by molar-refractivity contribution is 0.480. The van der Waals surface area contributed by atoms with Gasteiger partial charge in [-0.2, -0.15) is 5.10 Å². The van der Waals surface area contributed by atoms with E-state index in [2.05, 4.69) is 53.1 Å². The number of aromatic nitrogens is 6. The van der Waals surface area contributed by atoms with Crippen molar-refractivity contribution in [2.24, 2.45) is 0 Å². The van der Waals surface area contributed by atoms with Gasteiger partial charge in [0.2, 0.25) is 0 Å². The highest BCUT2D eigenvalue weighted by atomic mass is 32.1. The fourth-order valence-corrected chi connectivity index (χ4v) is 4.61. The molecule has 4 aromatic heterocycles. The van der Waals surface area contributed by atoms with E-state index < -0.39 is 0 Å². The molecule has 0 amide bonds. The summed E-state index contributed by atoms with van der Waals surface area (Å²) in [6, 6.07) is 4.15. The molecule has 2 aliphatic rings. The van der Waals surface area contributed by atoms with E-state index in [1.54, 1.807) is 17.5 Å². The second-order valence-electron chi connectivity index (χ2n) is 7.68. The van der Waals surface area contributed by atoms with E-state index in [1.807, 2.05) is 18.5 Å². The van der Waals surface area contributed by atoms with E-state index in [4.69, 9.17) is 5.10 Å². The molecular weight excluding hydrogens is 398 g/mol. The van der Waals surface area contributed by atoms with Crippen LogP contribution in [-0.4, -0.2) is 49.4 Å². The molecule has 152 valence electrons. The summed E-state index contributed by atoms with van der Waals surface area (Å²) in [7, 11) is 0. The monoisotopic (exact) mass is 419 g/mol. The van der Waals surface area contributed by atoms with Crippen molar-refractivity contribution in [3.63, 3.8) is 0 Å². The van der Waals surface area contributed by atoms with E-state index in [9.17, 15) is 0 Å². The highest BCUT2D eigenvalue weighted by molar-refractivity contribution is 7.18. The molecule has 0 spiro atoms. The minimum atomic E-state index is 0.232. The lowest BCUT2D eigenvalue weighted by Crippen LogP contribution is -2.37. The van der Waals surface area contributed by atoms with Crippen molar-refractivity contribution in [3.05, 3.63) is 30.7 Å². The summed E-state index contributed by atoms with van der Waals surface area (Å²) >= 11 is 1.56. The van der Waals surface area contributed by atoms with Crippen molar-refractivity contribution in [2.75, 3.05) is 35.2 Å². The first-order valence-electron chi connectivity index (χ1n) is 10.2. The summed E-state index contributed by atoms with van der Waals surface area (Å²) in [5.41, 5.74) is 1.09. The van der Waals surface area contributed by atoms with Gasteiger partial charge in [-0.25, -0.2) is 19.9 Å². The quantitative estimate of drug-likeness (QED) is 0.482. The van der Waals surface area contributed by atoms with Gasteiger partial charge in [-0.15, -0.1) is 0 Å². The minimum Gasteiger partial charge on any atom is -0.361 e. The van der Waals surface area contributed by atoms with Gasteiger partial charge in [-0.05, 0) is 25.8 Å². The fraction of sp³-hybridized carbons (Fsp3) is 0.350. The van der Waals surface area contributed by atoms with Crippen molar-refractivity contribution in [1.29, 1.82) is 0 Å². The van der Waals surface area contributed by atoms with Crippen LogP contribution in [0.15, 0.2) is 30.7 Å². The number of pyridine rings is 1. The number of thiazole rings is 1. The molecule has 30 heavy (non-hydrogen) atoms. The van der Waals surface area contributed by atoms with Crippen molar-refractivity contribution in [3.8, 4) is 10.7 Å². The van der Waals surface area contributed by atoms with Crippen molar-refractivity contribution < 1.29 is 0 Å². The molecule has 2 aliphatic heterocycles. The molecule has 4 aromatic rings. The number of hydrogen-bond acceptors (Lipinski definition) is 9. The van der Waals surface area contributed by atoms with Crippen LogP contribution >= 0.6 is 11.3 Å². The maximum Gasteiger partial charge on any atom is 0.183 e. The topological polar surface area (TPSA) is 96.7 Å². The molecule has 1 unspecified atom stereocenters. The number of nitrogens with one attached hydrogen (secondary N) is 2. The number of nitrogens with zero attached hydrogens (tertiary/aromatic N) is 7. The molecular formula is C20H21N9S. The molecule has 0 radical (unpaired) electrons. The van der Waals surface area contributed by atoms with Gasteiger partial charge in [0.25, 0.3) is 0 Å². The fourth-order valence-electron chi connectivity index (χ4n) is 3.83. The highest BCUT2D eigenvalue weighted by Crippen LogP contribution is 2.33. The number of anilines is 4. The predicted octanol–water partition coefficient (Wildman–Crippen LogP) is 3.68. The SMILES string of the molecule is CC1CCNc2ncc(s2)-c2nccc(n2)Nc2cc3c(cn2)c(N2CCC2)nn31. The lowest BCUT2D eigenvalue weighted by atomic mass is 10.2. The first kappa shape index (κ1) is 17.6. The average Bonchev–Trinajstić information content (AvgIpc) is 3.32. The Labute approximate surface area is 177 Å². The van der Waals surface area contributed by atoms with Gasteiger partial charge in [0.15, 0.2) is 16.8 Å². The summed E-state index contributed by atoms with van der Waals surface area (Å²) < 4.78 is 2.13. The van der Waals surface area contributed by atoms with Crippen molar-refractivity contribution in [2.45, 2.75) is 25.8 Å². The largest absolute Gasteiger partial charge is 0.361 e. The maximum atomic E-state index is 4.99. The van der Waals surface area contributed by atoms with Crippen LogP contribution in [0.1, 0.15) is 25.8 Å². The van der Waals surface area contributed by atoms with Crippen LogP contribution < -0.4 is 15.5 Å². The maximum absolute atomic E-state index is 4.99. The van der Waals surface area contributed by atoms with Gasteiger partial charge in [-0.3, -0.25) is 4.68 Å². The third-order valence-corrected chi connectivity index (χ3v) is 6.57. The molecule has 1 saturated heterocycles. The van der Waals surface area contributed by atoms with Crippen LogP contribution in [-0.2, 0) is 0 Å². The summed E-state index contributed by atoms with van der Waals surface area (Å²) in [6.07, 6.45) is 7.64. The molecule has 9 nitrogen and oxygen atoms in total. The average molecular weight is 420 g/mol. The number of fused-ring (bicyclic) bond motifs is 6. The van der Waals surface area contributed by atoms with E-state index in [0.717, 1.165) is 58.6 Å². The summed E-state index contributed by atoms with van der Waals surface area (Å²) in [5.74, 6) is 3.13. The Balaban J connectivity index is 1.47. The van der Waals surface area contributed by atoms with Gasteiger partial charge in [0.1, 0.15) is 11.6 Å². The van der Waals surface area contributed by atoms with Crippen molar-refractivity contribution in [1.82, 2.24) is 29.7 Å². The van der Waals surface area contributed by atoms with E-state index in [-0.39, 0.29) is 6.04 Å². The van der Waals surface area contributed by atoms with Crippen LogP contribution in [0, 0.1) is 0 Å². The van der Waals surface area contributed by atoms with Gasteiger partial charge in [0, 0.05) is 38.1 Å². The standard InChI is InChI=1S/C20H21N9S/c1-12-3-5-22-20-24-11-15(30-20)18-21-6-4-16(26-18)25-17-9-14-13(10-23-17)19(27-29(12)14)28-7-2-8-28/h4,6,9-12H,2-3,5,7-8H2,1H3,(H,22,24)(H,21,23,25,26). The molecule has 2 N–H and O–H groups in total. The summed E-state index contributed by atoms with van der Waals surface area (Å²) in [4.78, 5) is 21.4. The molecule has 1 fully saturated rings. The molecule has 6 rings (SSSR count). The first-order valence-corrected chi connectivity index (χ1v) is 11.0. The Morgan fingerprint density at radius 2 is 2.07 bits per heavy atom. The molecule has 0 aliphatic carbocycles. The Bertz CT molecular complexity index is 1230. The minimum absolute atomic E-state index is 0.232. The Morgan fingerprint density at radius 3 is 2.93 bits per heavy atom. The third kappa shape index (κ3) is 2.95. The smallest absolute Gasteiger partial charge is 0.183 e. The molecule has 0 aromatic carbocycles. The van der Waals surface area contributed by atoms with E-state index in [1.165, 1.54) is 6.42 Å². The van der Waals surface area contributed by atoms with Crippen LogP contribution in [0.2, 0.25) is 0 Å². The zero-order valence-electron chi connectivity index (χ0n) is 16.5. The van der Waals surface area contributed by atoms with Crippen LogP contribution in [0.4, 0.5) is 22.6 Å². The van der Waals surface area contributed by atoms with Crippen LogP contribution in [0.3, 0.4) is 0 Å². The molecule has 6 heterocycles. The van der Waals surface area contributed by atoms with E-state index >= 15 is 0 Å². The molecule has 0 saturated carbocycles. The lowest BCUT2D eigenvalue weighted by Gasteiger charge is -2.31. The van der Waals surface area contributed by atoms with Crippen molar-refractivity contribution >= 4 is 44.8 Å². The Morgan fingerprint density at radius 1 is 1.13 bits per heavy atom. The van der Waals surface area contributed by atoms with Gasteiger partial charge < -0.3 is 15.5 Å². The second kappa shape index (κ2) is 6.91. The third-order valence-electron chi connectivity index (χ3n) is 5.62. The van der Waals surface area contributed by atoms with Crippen LogP contribution in [0.25, 0.3) is 21.6 Å². The number of rotatable bonds is 1. The molecule has 10 heteroatoms. The summed E-state index contributed by atoms with van der Waals surface area (Å²) in [5, 5.41) is 13.7. The summed E-state index contributed by atoms with van der Waals surface area (Å²) in [6.45, 7) is 5.13. The van der Waals surface area contributed by atoms with Crippen LogP contribution in [0.5, 0.6) is 0 Å². The molecule has 1 atom stereocenters. The van der Waals surface area contributed by atoms with Gasteiger partial charge in [-0.1, -0.05) is 11.3 Å². The predicted molar refractivity (Wildman–Crippen MR) is 119 cm³/mol. The zero-order valence-corrected chi connectivity index (χ0v) is 17.4. The van der Waals surface area contributed by atoms with Gasteiger partial charge in [0.05, 0.1) is 28.0 Å².